The van der Waals surface area contributed by atoms with Gasteiger partial charge in [0.05, 0.1) is 15.7 Å². The second-order valence-corrected chi connectivity index (χ2v) is 6.32. The van der Waals surface area contributed by atoms with E-state index in [1.54, 1.807) is 24.3 Å². The van der Waals surface area contributed by atoms with Gasteiger partial charge in [-0.1, -0.05) is 59.6 Å². The van der Waals surface area contributed by atoms with Crippen molar-refractivity contribution < 1.29 is 4.79 Å². The van der Waals surface area contributed by atoms with Crippen LogP contribution in [0.3, 0.4) is 0 Å². The lowest BCUT2D eigenvalue weighted by Crippen LogP contribution is -2.15. The highest BCUT2D eigenvalue weighted by Crippen LogP contribution is 2.30. The Balaban J connectivity index is 1.64. The van der Waals surface area contributed by atoms with Crippen LogP contribution in [0.4, 0.5) is 11.5 Å². The molecular weight excluding hydrogens is 371 g/mol. The molecule has 132 valence electrons. The van der Waals surface area contributed by atoms with E-state index in [9.17, 15) is 4.79 Å². The Kier molecular flexibility index (Phi) is 6.04. The minimum absolute atomic E-state index is 0.221. The molecule has 1 heterocycles. The first-order chi connectivity index (χ1) is 12.6. The fourth-order valence-corrected chi connectivity index (χ4v) is 2.84. The molecule has 26 heavy (non-hydrogen) atoms. The van der Waals surface area contributed by atoms with E-state index < -0.39 is 5.91 Å². The molecule has 3 aromatic rings. The molecule has 2 N–H and O–H groups in total. The molecule has 2 aromatic carbocycles. The monoisotopic (exact) mass is 386 g/mol. The van der Waals surface area contributed by atoms with Gasteiger partial charge in [-0.05, 0) is 24.1 Å². The van der Waals surface area contributed by atoms with E-state index in [2.05, 4.69) is 32.7 Å². The number of hydrogen-bond acceptors (Lipinski definition) is 4. The fraction of sp³-hybridized carbons (Fsp3) is 0.105. The van der Waals surface area contributed by atoms with Gasteiger partial charge < -0.3 is 10.6 Å². The van der Waals surface area contributed by atoms with Crippen LogP contribution in [-0.4, -0.2) is 22.4 Å². The Morgan fingerprint density at radius 1 is 0.962 bits per heavy atom. The first kappa shape index (κ1) is 18.2. The largest absolute Gasteiger partial charge is 0.370 e. The van der Waals surface area contributed by atoms with Crippen LogP contribution in [0.1, 0.15) is 16.1 Å². The molecule has 0 aliphatic carbocycles. The van der Waals surface area contributed by atoms with Crippen LogP contribution in [0.25, 0.3) is 0 Å². The van der Waals surface area contributed by atoms with Crippen LogP contribution in [0.2, 0.25) is 10.0 Å². The number of carbonyl (C=O) groups is 1. The van der Waals surface area contributed by atoms with Gasteiger partial charge in [-0.25, -0.2) is 9.97 Å². The summed E-state index contributed by atoms with van der Waals surface area (Å²) in [5, 5.41) is 6.60. The number of hydrogen-bond donors (Lipinski definition) is 2. The molecule has 1 aromatic heterocycles. The first-order valence-electron chi connectivity index (χ1n) is 7.98. The van der Waals surface area contributed by atoms with Gasteiger partial charge in [0, 0.05) is 12.6 Å². The molecule has 0 fully saturated rings. The second-order valence-electron chi connectivity index (χ2n) is 5.50. The smallest absolute Gasteiger partial charge is 0.274 e. The van der Waals surface area contributed by atoms with Crippen molar-refractivity contribution in [3.05, 3.63) is 82.2 Å². The van der Waals surface area contributed by atoms with Crippen molar-refractivity contribution in [3.8, 4) is 0 Å². The van der Waals surface area contributed by atoms with Crippen LogP contribution >= 0.6 is 23.2 Å². The highest BCUT2D eigenvalue weighted by molar-refractivity contribution is 6.40. The molecule has 7 heteroatoms. The van der Waals surface area contributed by atoms with Gasteiger partial charge in [0.25, 0.3) is 5.91 Å². The molecule has 0 spiro atoms. The summed E-state index contributed by atoms with van der Waals surface area (Å²) in [7, 11) is 0. The van der Waals surface area contributed by atoms with Crippen molar-refractivity contribution >= 4 is 40.6 Å². The summed E-state index contributed by atoms with van der Waals surface area (Å²) in [5.41, 5.74) is 1.80. The third-order valence-electron chi connectivity index (χ3n) is 3.66. The van der Waals surface area contributed by atoms with Gasteiger partial charge in [0.1, 0.15) is 17.8 Å². The zero-order valence-corrected chi connectivity index (χ0v) is 15.3. The van der Waals surface area contributed by atoms with Crippen molar-refractivity contribution in [3.63, 3.8) is 0 Å². The third kappa shape index (κ3) is 4.71. The van der Waals surface area contributed by atoms with Crippen LogP contribution in [0, 0.1) is 0 Å². The number of carbonyl (C=O) groups excluding carboxylic acids is 1. The maximum absolute atomic E-state index is 12.4. The average molecular weight is 387 g/mol. The molecule has 5 nitrogen and oxygen atoms in total. The molecule has 0 atom stereocenters. The molecular formula is C19H16Cl2N4O. The Labute approximate surface area is 161 Å². The van der Waals surface area contributed by atoms with Crippen LogP contribution in [0.5, 0.6) is 0 Å². The molecule has 0 saturated heterocycles. The molecule has 0 aliphatic heterocycles. The lowest BCUT2D eigenvalue weighted by molar-refractivity contribution is 0.102. The number of benzene rings is 2. The molecule has 0 aliphatic rings. The number of para-hydroxylation sites is 1. The van der Waals surface area contributed by atoms with Gasteiger partial charge in [-0.2, -0.15) is 0 Å². The van der Waals surface area contributed by atoms with Gasteiger partial charge in [0.2, 0.25) is 0 Å². The predicted molar refractivity (Wildman–Crippen MR) is 105 cm³/mol. The average Bonchev–Trinajstić information content (AvgIpc) is 2.66. The number of nitrogens with one attached hydrogen (secondary N) is 2. The molecule has 0 radical (unpaired) electrons. The Bertz CT molecular complexity index is 883. The van der Waals surface area contributed by atoms with Crippen molar-refractivity contribution in [2.75, 3.05) is 17.2 Å². The van der Waals surface area contributed by atoms with Crippen molar-refractivity contribution in [2.45, 2.75) is 6.42 Å². The van der Waals surface area contributed by atoms with Crippen LogP contribution in [-0.2, 0) is 6.42 Å². The summed E-state index contributed by atoms with van der Waals surface area (Å²) >= 11 is 12.1. The molecule has 0 saturated carbocycles. The van der Waals surface area contributed by atoms with Crippen LogP contribution < -0.4 is 10.6 Å². The highest BCUT2D eigenvalue weighted by Gasteiger charge is 2.13. The number of halogens is 2. The maximum Gasteiger partial charge on any atom is 0.274 e. The number of anilines is 2. The standard InChI is InChI=1S/C19H16Cl2N4O/c20-14-7-4-8-15(21)18(14)25-19(26)16-11-17(24-12-23-16)22-10-9-13-5-2-1-3-6-13/h1-8,11-12H,9-10H2,(H,25,26)(H,22,23,24). The van der Waals surface area contributed by atoms with Crippen LogP contribution in [0.15, 0.2) is 60.9 Å². The fourth-order valence-electron chi connectivity index (χ4n) is 2.35. The van der Waals surface area contributed by atoms with E-state index in [1.807, 2.05) is 18.2 Å². The summed E-state index contributed by atoms with van der Waals surface area (Å²) in [6.45, 7) is 0.693. The Morgan fingerprint density at radius 2 is 1.69 bits per heavy atom. The molecule has 0 bridgehead atoms. The van der Waals surface area contributed by atoms with Gasteiger partial charge in [-0.15, -0.1) is 0 Å². The van der Waals surface area contributed by atoms with Crippen molar-refractivity contribution in [1.29, 1.82) is 0 Å². The van der Waals surface area contributed by atoms with Gasteiger partial charge >= 0.3 is 0 Å². The number of rotatable bonds is 6. The van der Waals surface area contributed by atoms with Crippen molar-refractivity contribution in [1.82, 2.24) is 9.97 Å². The van der Waals surface area contributed by atoms with Gasteiger partial charge in [-0.3, -0.25) is 4.79 Å². The summed E-state index contributed by atoms with van der Waals surface area (Å²) < 4.78 is 0. The Hall–Kier alpha value is -2.63. The minimum Gasteiger partial charge on any atom is -0.370 e. The normalized spacial score (nSPS) is 10.4. The maximum atomic E-state index is 12.4. The lowest BCUT2D eigenvalue weighted by atomic mass is 10.1. The summed E-state index contributed by atoms with van der Waals surface area (Å²) in [6, 6.07) is 16.7. The first-order valence-corrected chi connectivity index (χ1v) is 8.74. The van der Waals surface area contributed by atoms with E-state index in [0.29, 0.717) is 28.1 Å². The van der Waals surface area contributed by atoms with E-state index in [1.165, 1.54) is 11.9 Å². The SMILES string of the molecule is O=C(Nc1c(Cl)cccc1Cl)c1cc(NCCc2ccccc2)ncn1. The highest BCUT2D eigenvalue weighted by atomic mass is 35.5. The number of amides is 1. The number of aromatic nitrogens is 2. The summed E-state index contributed by atoms with van der Waals surface area (Å²) in [4.78, 5) is 20.6. The quantitative estimate of drug-likeness (QED) is 0.644. The van der Waals surface area contributed by atoms with E-state index in [0.717, 1.165) is 6.42 Å². The second kappa shape index (κ2) is 8.65. The summed E-state index contributed by atoms with van der Waals surface area (Å²) in [5.74, 6) is 0.167. The van der Waals surface area contributed by atoms with E-state index in [-0.39, 0.29) is 5.69 Å². The Morgan fingerprint density at radius 3 is 2.42 bits per heavy atom. The molecule has 0 unspecified atom stereocenters. The topological polar surface area (TPSA) is 66.9 Å². The lowest BCUT2D eigenvalue weighted by Gasteiger charge is -2.10. The van der Waals surface area contributed by atoms with Gasteiger partial charge in [0.15, 0.2) is 0 Å². The zero-order chi connectivity index (χ0) is 18.4. The van der Waals surface area contributed by atoms with Crippen molar-refractivity contribution in [2.24, 2.45) is 0 Å². The van der Waals surface area contributed by atoms with E-state index >= 15 is 0 Å². The third-order valence-corrected chi connectivity index (χ3v) is 4.29. The number of nitrogens with zero attached hydrogens (tertiary/aromatic N) is 2. The van der Waals surface area contributed by atoms with E-state index in [4.69, 9.17) is 23.2 Å². The predicted octanol–water partition coefficient (Wildman–Crippen LogP) is 4.69. The molecule has 1 amide bonds. The summed E-state index contributed by atoms with van der Waals surface area (Å²) in [6.07, 6.45) is 2.19. The zero-order valence-electron chi connectivity index (χ0n) is 13.7. The minimum atomic E-state index is -0.409. The molecule has 3 rings (SSSR count).